The van der Waals surface area contributed by atoms with Gasteiger partial charge in [-0.2, -0.15) is 4.31 Å². The molecule has 0 aromatic rings. The van der Waals surface area contributed by atoms with Crippen LogP contribution in [-0.2, 0) is 14.8 Å². The molecule has 0 spiro atoms. The van der Waals surface area contributed by atoms with Crippen molar-refractivity contribution in [2.45, 2.75) is 25.3 Å². The monoisotopic (exact) mass is 318 g/mol. The van der Waals surface area contributed by atoms with Gasteiger partial charge in [-0.15, -0.1) is 0 Å². The molecule has 2 aliphatic heterocycles. The lowest BCUT2D eigenvalue weighted by Crippen LogP contribution is -2.56. The molecule has 0 radical (unpaired) electrons. The van der Waals surface area contributed by atoms with Gasteiger partial charge in [0.05, 0.1) is 6.26 Å². The molecule has 0 bridgehead atoms. The van der Waals surface area contributed by atoms with Gasteiger partial charge >= 0.3 is 6.03 Å². The molecule has 3 amide bonds. The molecule has 0 aliphatic carbocycles. The van der Waals surface area contributed by atoms with Gasteiger partial charge in [0.2, 0.25) is 15.9 Å². The molecule has 0 aromatic heterocycles. The highest BCUT2D eigenvalue weighted by Crippen LogP contribution is 2.09. The zero-order chi connectivity index (χ0) is 15.5. The Balaban J connectivity index is 1.86. The summed E-state index contributed by atoms with van der Waals surface area (Å²) in [7, 11) is -3.20. The van der Waals surface area contributed by atoms with E-state index >= 15 is 0 Å². The first kappa shape index (κ1) is 16.0. The van der Waals surface area contributed by atoms with Crippen LogP contribution >= 0.6 is 0 Å². The van der Waals surface area contributed by atoms with Crippen LogP contribution in [0.5, 0.6) is 0 Å². The molecule has 2 heterocycles. The molecule has 0 unspecified atom stereocenters. The molecule has 21 heavy (non-hydrogen) atoms. The van der Waals surface area contributed by atoms with Crippen LogP contribution in [0.3, 0.4) is 0 Å². The van der Waals surface area contributed by atoms with Gasteiger partial charge in [0.1, 0.15) is 6.04 Å². The zero-order valence-corrected chi connectivity index (χ0v) is 13.0. The molecule has 1 atom stereocenters. The van der Waals surface area contributed by atoms with Gasteiger partial charge in [-0.05, 0) is 19.3 Å². The van der Waals surface area contributed by atoms with Crippen LogP contribution in [-0.4, -0.2) is 74.6 Å². The summed E-state index contributed by atoms with van der Waals surface area (Å²) in [6, 6.07) is -0.793. The van der Waals surface area contributed by atoms with E-state index in [0.29, 0.717) is 39.1 Å². The fourth-order valence-corrected chi connectivity index (χ4v) is 3.37. The summed E-state index contributed by atoms with van der Waals surface area (Å²) in [5.41, 5.74) is 0. The first-order valence-electron chi connectivity index (χ1n) is 7.16. The van der Waals surface area contributed by atoms with Crippen LogP contribution < -0.4 is 10.6 Å². The van der Waals surface area contributed by atoms with Gasteiger partial charge in [0.15, 0.2) is 0 Å². The number of rotatable bonds is 2. The second kappa shape index (κ2) is 6.61. The van der Waals surface area contributed by atoms with Crippen LogP contribution in [0.2, 0.25) is 0 Å². The number of piperazine rings is 1. The number of amides is 3. The maximum absolute atomic E-state index is 12.1. The van der Waals surface area contributed by atoms with E-state index in [4.69, 9.17) is 0 Å². The second-order valence-electron chi connectivity index (χ2n) is 5.44. The Kier molecular flexibility index (Phi) is 5.04. The lowest BCUT2D eigenvalue weighted by atomic mass is 10.1. The molecule has 8 nitrogen and oxygen atoms in total. The van der Waals surface area contributed by atoms with Crippen LogP contribution in [0, 0.1) is 0 Å². The van der Waals surface area contributed by atoms with E-state index in [1.54, 1.807) is 4.90 Å². The topological polar surface area (TPSA) is 98.8 Å². The third kappa shape index (κ3) is 4.31. The Labute approximate surface area is 124 Å². The molecule has 2 N–H and O–H groups in total. The summed E-state index contributed by atoms with van der Waals surface area (Å²) in [6.07, 6.45) is 3.62. The minimum atomic E-state index is -3.20. The average molecular weight is 318 g/mol. The van der Waals surface area contributed by atoms with Crippen LogP contribution in [0.15, 0.2) is 0 Å². The van der Waals surface area contributed by atoms with Gasteiger partial charge in [0.25, 0.3) is 0 Å². The maximum Gasteiger partial charge on any atom is 0.318 e. The van der Waals surface area contributed by atoms with Gasteiger partial charge in [-0.25, -0.2) is 13.2 Å². The summed E-state index contributed by atoms with van der Waals surface area (Å²) >= 11 is 0. The summed E-state index contributed by atoms with van der Waals surface area (Å²) < 4.78 is 24.2. The molecule has 2 saturated heterocycles. The maximum atomic E-state index is 12.1. The average Bonchev–Trinajstić information content (AvgIpc) is 2.63. The lowest BCUT2D eigenvalue weighted by molar-refractivity contribution is -0.122. The van der Waals surface area contributed by atoms with Crippen molar-refractivity contribution in [3.63, 3.8) is 0 Å². The highest BCUT2D eigenvalue weighted by atomic mass is 32.2. The van der Waals surface area contributed by atoms with Crippen molar-refractivity contribution in [1.29, 1.82) is 0 Å². The number of nitrogens with zero attached hydrogens (tertiary/aromatic N) is 2. The Bertz CT molecular complexity index is 499. The Morgan fingerprint density at radius 2 is 1.90 bits per heavy atom. The van der Waals surface area contributed by atoms with Crippen molar-refractivity contribution in [3.8, 4) is 0 Å². The fraction of sp³-hybridized carbons (Fsp3) is 0.833. The minimum Gasteiger partial charge on any atom is -0.354 e. The molecule has 2 aliphatic rings. The minimum absolute atomic E-state index is 0.143. The molecule has 0 aromatic carbocycles. The van der Waals surface area contributed by atoms with E-state index in [-0.39, 0.29) is 11.9 Å². The third-order valence-electron chi connectivity index (χ3n) is 3.83. The van der Waals surface area contributed by atoms with E-state index < -0.39 is 16.1 Å². The van der Waals surface area contributed by atoms with Gasteiger partial charge in [-0.1, -0.05) is 0 Å². The SMILES string of the molecule is CS(=O)(=O)N1CCN(C(=O)N[C@H]2CCCCNC2=O)CC1. The fourth-order valence-electron chi connectivity index (χ4n) is 2.54. The van der Waals surface area contributed by atoms with Crippen molar-refractivity contribution in [2.75, 3.05) is 39.0 Å². The predicted octanol–water partition coefficient (Wildman–Crippen LogP) is -1.06. The highest BCUT2D eigenvalue weighted by Gasteiger charge is 2.29. The Morgan fingerprint density at radius 1 is 1.24 bits per heavy atom. The zero-order valence-electron chi connectivity index (χ0n) is 12.2. The van der Waals surface area contributed by atoms with Crippen molar-refractivity contribution in [2.24, 2.45) is 0 Å². The molecular formula is C12H22N4O4S. The van der Waals surface area contributed by atoms with Gasteiger partial charge < -0.3 is 15.5 Å². The molecule has 9 heteroatoms. The van der Waals surface area contributed by atoms with E-state index in [1.807, 2.05) is 0 Å². The largest absolute Gasteiger partial charge is 0.354 e. The van der Waals surface area contributed by atoms with E-state index in [1.165, 1.54) is 10.6 Å². The van der Waals surface area contributed by atoms with Crippen molar-refractivity contribution >= 4 is 22.0 Å². The second-order valence-corrected chi connectivity index (χ2v) is 7.42. The third-order valence-corrected chi connectivity index (χ3v) is 5.13. The summed E-state index contributed by atoms with van der Waals surface area (Å²) in [5, 5.41) is 5.51. The van der Waals surface area contributed by atoms with Crippen LogP contribution in [0.25, 0.3) is 0 Å². The number of hydrogen-bond acceptors (Lipinski definition) is 4. The quantitative estimate of drug-likeness (QED) is 0.678. The summed E-state index contributed by atoms with van der Waals surface area (Å²) in [5.74, 6) is -0.143. The normalized spacial score (nSPS) is 25.1. The molecule has 120 valence electrons. The smallest absolute Gasteiger partial charge is 0.318 e. The Hall–Kier alpha value is -1.35. The van der Waals surface area contributed by atoms with Crippen molar-refractivity contribution in [3.05, 3.63) is 0 Å². The van der Waals surface area contributed by atoms with E-state index in [9.17, 15) is 18.0 Å². The van der Waals surface area contributed by atoms with Crippen LogP contribution in [0.4, 0.5) is 4.79 Å². The van der Waals surface area contributed by atoms with Crippen LogP contribution in [0.1, 0.15) is 19.3 Å². The number of sulfonamides is 1. The lowest BCUT2D eigenvalue weighted by Gasteiger charge is -2.34. The molecule has 2 rings (SSSR count). The molecule has 2 fully saturated rings. The van der Waals surface area contributed by atoms with Crippen molar-refractivity contribution in [1.82, 2.24) is 19.8 Å². The number of urea groups is 1. The van der Waals surface area contributed by atoms with Crippen molar-refractivity contribution < 1.29 is 18.0 Å². The first-order valence-corrected chi connectivity index (χ1v) is 9.01. The highest BCUT2D eigenvalue weighted by molar-refractivity contribution is 7.88. The predicted molar refractivity (Wildman–Crippen MR) is 77.2 cm³/mol. The standard InChI is InChI=1S/C12H22N4O4S/c1-21(19,20)16-8-6-15(7-9-16)12(18)14-10-4-2-3-5-13-11(10)17/h10H,2-9H2,1H3,(H,13,17)(H,14,18)/t10-/m0/s1. The van der Waals surface area contributed by atoms with Gasteiger partial charge in [0, 0.05) is 32.7 Å². The molecular weight excluding hydrogens is 296 g/mol. The number of nitrogens with one attached hydrogen (secondary N) is 2. The first-order chi connectivity index (χ1) is 9.88. The molecule has 0 saturated carbocycles. The van der Waals surface area contributed by atoms with E-state index in [0.717, 1.165) is 12.8 Å². The Morgan fingerprint density at radius 3 is 2.52 bits per heavy atom. The number of hydrogen-bond donors (Lipinski definition) is 2. The van der Waals surface area contributed by atoms with Gasteiger partial charge in [-0.3, -0.25) is 4.79 Å². The number of carbonyl (C=O) groups is 2. The summed E-state index contributed by atoms with van der Waals surface area (Å²) in [6.45, 7) is 1.92. The summed E-state index contributed by atoms with van der Waals surface area (Å²) in [4.78, 5) is 25.5. The van der Waals surface area contributed by atoms with E-state index in [2.05, 4.69) is 10.6 Å². The number of carbonyl (C=O) groups excluding carboxylic acids is 2.